The van der Waals surface area contributed by atoms with Gasteiger partial charge in [0.15, 0.2) is 0 Å². The third-order valence-corrected chi connectivity index (χ3v) is 4.83. The van der Waals surface area contributed by atoms with E-state index in [1.807, 2.05) is 30.5 Å². The van der Waals surface area contributed by atoms with Crippen LogP contribution in [0.15, 0.2) is 97.9 Å². The van der Waals surface area contributed by atoms with Crippen LogP contribution >= 0.6 is 0 Å². The van der Waals surface area contributed by atoms with Gasteiger partial charge in [-0.05, 0) is 34.4 Å². The molecule has 0 aliphatic carbocycles. The molecule has 3 rings (SSSR count). The number of H-pyrrole nitrogens is 1. The molecule has 158 valence electrons. The van der Waals surface area contributed by atoms with E-state index in [2.05, 4.69) is 28.7 Å². The van der Waals surface area contributed by atoms with Gasteiger partial charge in [0.25, 0.3) is 0 Å². The van der Waals surface area contributed by atoms with E-state index in [9.17, 15) is 9.18 Å². The monoisotopic (exact) mass is 417 g/mol. The molecule has 1 heterocycles. The lowest BCUT2D eigenvalue weighted by Crippen LogP contribution is -2.30. The van der Waals surface area contributed by atoms with Crippen molar-refractivity contribution in [3.8, 4) is 11.1 Å². The number of benzene rings is 2. The highest BCUT2D eigenvalue weighted by molar-refractivity contribution is 5.68. The first-order valence-electron chi connectivity index (χ1n) is 9.80. The summed E-state index contributed by atoms with van der Waals surface area (Å²) >= 11 is 0. The van der Waals surface area contributed by atoms with Gasteiger partial charge in [0, 0.05) is 24.2 Å². The fourth-order valence-corrected chi connectivity index (χ4v) is 3.15. The summed E-state index contributed by atoms with van der Waals surface area (Å²) in [4.78, 5) is 12.2. The third-order valence-electron chi connectivity index (χ3n) is 4.83. The smallest absolute Gasteiger partial charge is 0.407 e. The largest absolute Gasteiger partial charge is 0.445 e. The van der Waals surface area contributed by atoms with Crippen molar-refractivity contribution in [3.63, 3.8) is 0 Å². The molecule has 0 fully saturated rings. The summed E-state index contributed by atoms with van der Waals surface area (Å²) in [7, 11) is 0. The highest BCUT2D eigenvalue weighted by Crippen LogP contribution is 2.27. The Kier molecular flexibility index (Phi) is 7.54. The molecule has 1 unspecified atom stereocenters. The first-order chi connectivity index (χ1) is 15.1. The fourth-order valence-electron chi connectivity index (χ4n) is 3.15. The average molecular weight is 417 g/mol. The minimum absolute atomic E-state index is 0.0992. The van der Waals surface area contributed by atoms with Gasteiger partial charge in [-0.3, -0.25) is 5.10 Å². The van der Waals surface area contributed by atoms with Gasteiger partial charge >= 0.3 is 6.09 Å². The molecule has 0 spiro atoms. The molecule has 31 heavy (non-hydrogen) atoms. The molecule has 3 aromatic rings. The zero-order valence-corrected chi connectivity index (χ0v) is 17.1. The Labute approximate surface area is 181 Å². The number of ether oxygens (including phenoxy) is 1. The SMILES string of the molecule is C=C/C=C(\C=C)COC(=O)NCC(c1ccc(F)cc1)c1ccc(-c2cn[nH]c2)cc1. The van der Waals surface area contributed by atoms with Crippen molar-refractivity contribution in [1.82, 2.24) is 15.5 Å². The molecule has 0 aliphatic heterocycles. The fraction of sp³-hybridized carbons (Fsp3) is 0.120. The molecule has 0 saturated heterocycles. The van der Waals surface area contributed by atoms with Crippen LogP contribution in [-0.2, 0) is 4.74 Å². The van der Waals surface area contributed by atoms with Gasteiger partial charge in [-0.2, -0.15) is 5.10 Å². The van der Waals surface area contributed by atoms with Gasteiger partial charge in [-0.25, -0.2) is 9.18 Å². The standard InChI is InChI=1S/C25H24FN3O2/c1-3-5-18(4-2)17-31-25(30)27-16-24(21-10-12-23(26)13-11-21)20-8-6-19(7-9-20)22-14-28-29-15-22/h3-15,24H,1-2,16-17H2,(H,27,30)(H,28,29)/b18-5+. The van der Waals surface area contributed by atoms with Crippen LogP contribution in [0.5, 0.6) is 0 Å². The molecule has 1 amide bonds. The summed E-state index contributed by atoms with van der Waals surface area (Å²) < 4.78 is 18.7. The van der Waals surface area contributed by atoms with Crippen LogP contribution < -0.4 is 5.32 Å². The number of halogens is 1. The van der Waals surface area contributed by atoms with E-state index in [-0.39, 0.29) is 18.3 Å². The maximum absolute atomic E-state index is 13.4. The second-order valence-corrected chi connectivity index (χ2v) is 6.85. The van der Waals surface area contributed by atoms with Gasteiger partial charge in [0.2, 0.25) is 0 Å². The van der Waals surface area contributed by atoms with E-state index < -0.39 is 6.09 Å². The zero-order chi connectivity index (χ0) is 22.1. The Morgan fingerprint density at radius 2 is 1.77 bits per heavy atom. The van der Waals surface area contributed by atoms with Crippen molar-refractivity contribution in [2.45, 2.75) is 5.92 Å². The first-order valence-corrected chi connectivity index (χ1v) is 9.80. The van der Waals surface area contributed by atoms with Crippen molar-refractivity contribution in [2.24, 2.45) is 0 Å². The van der Waals surface area contributed by atoms with E-state index in [0.29, 0.717) is 6.54 Å². The number of hydrogen-bond donors (Lipinski definition) is 2. The summed E-state index contributed by atoms with van der Waals surface area (Å²) in [5.41, 5.74) is 4.62. The van der Waals surface area contributed by atoms with Crippen LogP contribution in [0.2, 0.25) is 0 Å². The van der Waals surface area contributed by atoms with Gasteiger partial charge in [-0.1, -0.05) is 67.8 Å². The molecule has 2 aromatic carbocycles. The van der Waals surface area contributed by atoms with E-state index >= 15 is 0 Å². The van der Waals surface area contributed by atoms with Gasteiger partial charge in [0.1, 0.15) is 12.4 Å². The van der Waals surface area contributed by atoms with Gasteiger partial charge < -0.3 is 10.1 Å². The number of aromatic nitrogens is 2. The number of allylic oxidation sites excluding steroid dienone is 2. The molecule has 0 aliphatic rings. The number of nitrogens with zero attached hydrogens (tertiary/aromatic N) is 1. The molecular formula is C25H24FN3O2. The van der Waals surface area contributed by atoms with Crippen LogP contribution in [0.1, 0.15) is 17.0 Å². The summed E-state index contributed by atoms with van der Waals surface area (Å²) in [5, 5.41) is 9.57. The summed E-state index contributed by atoms with van der Waals surface area (Å²) in [6.07, 6.45) is 7.97. The Hall–Kier alpha value is -3.93. The molecule has 0 bridgehead atoms. The van der Waals surface area contributed by atoms with E-state index in [0.717, 1.165) is 27.8 Å². The van der Waals surface area contributed by atoms with Crippen LogP contribution in [0.4, 0.5) is 9.18 Å². The van der Waals surface area contributed by atoms with Crippen molar-refractivity contribution in [1.29, 1.82) is 0 Å². The quantitative estimate of drug-likeness (QED) is 0.460. The Bertz CT molecular complexity index is 1040. The molecule has 1 aromatic heterocycles. The highest BCUT2D eigenvalue weighted by Gasteiger charge is 2.17. The van der Waals surface area contributed by atoms with Crippen LogP contribution in [-0.4, -0.2) is 29.4 Å². The topological polar surface area (TPSA) is 67.0 Å². The minimum atomic E-state index is -0.543. The maximum Gasteiger partial charge on any atom is 0.407 e. The molecular weight excluding hydrogens is 393 g/mol. The lowest BCUT2D eigenvalue weighted by atomic mass is 9.90. The number of aromatic amines is 1. The second kappa shape index (κ2) is 10.7. The van der Waals surface area contributed by atoms with Crippen LogP contribution in [0.3, 0.4) is 0 Å². The molecule has 6 heteroatoms. The third kappa shape index (κ3) is 6.02. The summed E-state index contributed by atoms with van der Waals surface area (Å²) in [6, 6.07) is 14.2. The lowest BCUT2D eigenvalue weighted by molar-refractivity contribution is 0.156. The second-order valence-electron chi connectivity index (χ2n) is 6.85. The normalized spacial score (nSPS) is 12.1. The lowest BCUT2D eigenvalue weighted by Gasteiger charge is -2.19. The predicted molar refractivity (Wildman–Crippen MR) is 120 cm³/mol. The van der Waals surface area contributed by atoms with Crippen molar-refractivity contribution < 1.29 is 13.9 Å². The number of carbonyl (C=O) groups is 1. The molecule has 2 N–H and O–H groups in total. The summed E-state index contributed by atoms with van der Waals surface area (Å²) in [6.45, 7) is 7.69. The predicted octanol–water partition coefficient (Wildman–Crippen LogP) is 5.37. The average Bonchev–Trinajstić information content (AvgIpc) is 3.33. The molecule has 1 atom stereocenters. The van der Waals surface area contributed by atoms with E-state index in [1.165, 1.54) is 12.1 Å². The molecule has 5 nitrogen and oxygen atoms in total. The number of hydrogen-bond acceptors (Lipinski definition) is 3. The van der Waals surface area contributed by atoms with Crippen molar-refractivity contribution in [2.75, 3.05) is 13.2 Å². The highest BCUT2D eigenvalue weighted by atomic mass is 19.1. The van der Waals surface area contributed by atoms with Crippen molar-refractivity contribution in [3.05, 3.63) is 115 Å². The zero-order valence-electron chi connectivity index (χ0n) is 17.1. The Morgan fingerprint density at radius 3 is 2.35 bits per heavy atom. The van der Waals surface area contributed by atoms with Gasteiger partial charge in [0.05, 0.1) is 6.20 Å². The van der Waals surface area contributed by atoms with Crippen molar-refractivity contribution >= 4 is 6.09 Å². The Morgan fingerprint density at radius 1 is 1.10 bits per heavy atom. The van der Waals surface area contributed by atoms with E-state index in [1.54, 1.807) is 36.6 Å². The van der Waals surface area contributed by atoms with Crippen LogP contribution in [0.25, 0.3) is 11.1 Å². The number of rotatable bonds is 9. The first kappa shape index (κ1) is 21.8. The molecule has 0 saturated carbocycles. The maximum atomic E-state index is 13.4. The minimum Gasteiger partial charge on any atom is -0.445 e. The number of nitrogens with one attached hydrogen (secondary N) is 2. The molecule has 0 radical (unpaired) electrons. The summed E-state index contributed by atoms with van der Waals surface area (Å²) in [5.74, 6) is -0.481. The number of alkyl carbamates (subject to hydrolysis) is 1. The Balaban J connectivity index is 1.73. The van der Waals surface area contributed by atoms with Gasteiger partial charge in [-0.15, -0.1) is 0 Å². The van der Waals surface area contributed by atoms with E-state index in [4.69, 9.17) is 4.74 Å². The number of carbonyl (C=O) groups excluding carboxylic acids is 1. The number of amides is 1. The van der Waals surface area contributed by atoms with Crippen LogP contribution in [0, 0.1) is 5.82 Å².